The van der Waals surface area contributed by atoms with Gasteiger partial charge in [0, 0.05) is 43.2 Å². The molecule has 0 aliphatic carbocycles. The van der Waals surface area contributed by atoms with Crippen LogP contribution in [-0.2, 0) is 11.3 Å². The molecule has 0 bridgehead atoms. The van der Waals surface area contributed by atoms with Gasteiger partial charge >= 0.3 is 0 Å². The van der Waals surface area contributed by atoms with Gasteiger partial charge in [-0.15, -0.1) is 0 Å². The molecule has 1 unspecified atom stereocenters. The molecule has 27 heavy (non-hydrogen) atoms. The van der Waals surface area contributed by atoms with E-state index in [4.69, 9.17) is 5.73 Å². The van der Waals surface area contributed by atoms with Gasteiger partial charge in [0.2, 0.25) is 5.91 Å². The zero-order valence-corrected chi connectivity index (χ0v) is 16.0. The van der Waals surface area contributed by atoms with Gasteiger partial charge in [-0.05, 0) is 33.0 Å². The molecule has 7 nitrogen and oxygen atoms in total. The number of rotatable bonds is 8. The summed E-state index contributed by atoms with van der Waals surface area (Å²) in [6.45, 7) is 2.84. The topological polar surface area (TPSA) is 82.0 Å². The lowest BCUT2D eigenvalue weighted by Gasteiger charge is -2.20. The van der Waals surface area contributed by atoms with Crippen molar-refractivity contribution >= 4 is 5.91 Å². The van der Waals surface area contributed by atoms with E-state index in [2.05, 4.69) is 60.3 Å². The number of primary amides is 1. The zero-order valence-electron chi connectivity index (χ0n) is 16.0. The number of imidazole rings is 1. The van der Waals surface area contributed by atoms with Crippen molar-refractivity contribution in [3.05, 3.63) is 54.6 Å². The van der Waals surface area contributed by atoms with Crippen molar-refractivity contribution in [2.75, 3.05) is 14.1 Å². The third-order valence-electron chi connectivity index (χ3n) is 4.77. The number of hydrogen-bond acceptors (Lipinski definition) is 4. The second-order valence-electron chi connectivity index (χ2n) is 6.91. The Morgan fingerprint density at radius 3 is 2.67 bits per heavy atom. The smallest absolute Gasteiger partial charge is 0.217 e. The Morgan fingerprint density at radius 2 is 2.00 bits per heavy atom. The van der Waals surface area contributed by atoms with E-state index in [0.29, 0.717) is 25.4 Å². The largest absolute Gasteiger partial charge is 0.370 e. The van der Waals surface area contributed by atoms with Gasteiger partial charge in [0.15, 0.2) is 0 Å². The van der Waals surface area contributed by atoms with E-state index < -0.39 is 0 Å². The third kappa shape index (κ3) is 4.43. The molecule has 2 heterocycles. The molecule has 1 aromatic carbocycles. The highest BCUT2D eigenvalue weighted by atomic mass is 16.1. The highest BCUT2D eigenvalue weighted by Crippen LogP contribution is 2.24. The van der Waals surface area contributed by atoms with Gasteiger partial charge in [0.05, 0.1) is 11.9 Å². The molecule has 1 amide bonds. The number of hydrogen-bond donors (Lipinski definition) is 1. The maximum Gasteiger partial charge on any atom is 0.217 e. The summed E-state index contributed by atoms with van der Waals surface area (Å²) in [7, 11) is 4.15. The number of nitrogens with two attached hydrogens (primary N) is 1. The molecule has 0 spiro atoms. The zero-order chi connectivity index (χ0) is 19.4. The maximum atomic E-state index is 10.9. The number of nitrogens with zero attached hydrogens (tertiary/aromatic N) is 5. The van der Waals surface area contributed by atoms with Crippen LogP contribution < -0.4 is 5.73 Å². The second-order valence-corrected chi connectivity index (χ2v) is 6.91. The van der Waals surface area contributed by atoms with Crippen LogP contribution >= 0.6 is 0 Å². The lowest BCUT2D eigenvalue weighted by Crippen LogP contribution is -2.16. The standard InChI is InChI=1S/C20H26N6O/c1-15(24(2)3)16-6-8-17(9-7-16)20-22-10-12-26(20)18-13-23-25(14-18)11-4-5-19(21)27/h6-10,12-15H,4-5,11H2,1-3H3,(H2,21,27). The molecular weight excluding hydrogens is 340 g/mol. The minimum Gasteiger partial charge on any atom is -0.370 e. The Kier molecular flexibility index (Phi) is 5.71. The third-order valence-corrected chi connectivity index (χ3v) is 4.77. The highest BCUT2D eigenvalue weighted by Gasteiger charge is 2.12. The van der Waals surface area contributed by atoms with Crippen LogP contribution in [0.15, 0.2) is 49.1 Å². The van der Waals surface area contributed by atoms with E-state index >= 15 is 0 Å². The van der Waals surface area contributed by atoms with Crippen LogP contribution in [0.1, 0.15) is 31.4 Å². The van der Waals surface area contributed by atoms with Gasteiger partial charge < -0.3 is 10.6 Å². The van der Waals surface area contributed by atoms with Crippen molar-refractivity contribution in [2.45, 2.75) is 32.4 Å². The van der Waals surface area contributed by atoms with Crippen molar-refractivity contribution < 1.29 is 4.79 Å². The molecule has 2 N–H and O–H groups in total. The van der Waals surface area contributed by atoms with Crippen molar-refractivity contribution in [1.29, 1.82) is 0 Å². The van der Waals surface area contributed by atoms with Gasteiger partial charge in [-0.2, -0.15) is 5.10 Å². The lowest BCUT2D eigenvalue weighted by molar-refractivity contribution is -0.118. The van der Waals surface area contributed by atoms with E-state index in [1.54, 1.807) is 12.4 Å². The first kappa shape index (κ1) is 18.8. The Morgan fingerprint density at radius 1 is 1.26 bits per heavy atom. The summed E-state index contributed by atoms with van der Waals surface area (Å²) in [6, 6.07) is 8.85. The number of benzene rings is 1. The first-order chi connectivity index (χ1) is 13.0. The van der Waals surface area contributed by atoms with Crippen molar-refractivity contribution in [2.24, 2.45) is 5.73 Å². The predicted molar refractivity (Wildman–Crippen MR) is 105 cm³/mol. The van der Waals surface area contributed by atoms with E-state index in [9.17, 15) is 4.79 Å². The number of aromatic nitrogens is 4. The molecule has 0 radical (unpaired) electrons. The number of carbonyl (C=O) groups is 1. The molecule has 142 valence electrons. The Labute approximate surface area is 159 Å². The summed E-state index contributed by atoms with van der Waals surface area (Å²) in [4.78, 5) is 17.6. The molecule has 0 saturated carbocycles. The summed E-state index contributed by atoms with van der Waals surface area (Å²) < 4.78 is 3.84. The van der Waals surface area contributed by atoms with Crippen molar-refractivity contribution in [3.63, 3.8) is 0 Å². The van der Waals surface area contributed by atoms with Gasteiger partial charge in [-0.1, -0.05) is 24.3 Å². The van der Waals surface area contributed by atoms with E-state index in [1.807, 2.05) is 21.6 Å². The summed E-state index contributed by atoms with van der Waals surface area (Å²) in [5.74, 6) is 0.585. The molecule has 0 saturated heterocycles. The van der Waals surface area contributed by atoms with E-state index in [-0.39, 0.29) is 5.91 Å². The Hall–Kier alpha value is -2.93. The minimum atomic E-state index is -0.286. The van der Waals surface area contributed by atoms with E-state index in [0.717, 1.165) is 17.1 Å². The normalized spacial score (nSPS) is 12.4. The second kappa shape index (κ2) is 8.18. The molecule has 0 fully saturated rings. The van der Waals surface area contributed by atoms with Crippen LogP contribution in [-0.4, -0.2) is 44.2 Å². The van der Waals surface area contributed by atoms with E-state index in [1.165, 1.54) is 5.56 Å². The monoisotopic (exact) mass is 366 g/mol. The highest BCUT2D eigenvalue weighted by molar-refractivity contribution is 5.73. The predicted octanol–water partition coefficient (Wildman–Crippen LogP) is 2.62. The first-order valence-electron chi connectivity index (χ1n) is 9.07. The van der Waals surface area contributed by atoms with Crippen molar-refractivity contribution in [3.8, 4) is 17.1 Å². The number of aryl methyl sites for hydroxylation is 1. The molecule has 0 aliphatic heterocycles. The van der Waals surface area contributed by atoms with Crippen molar-refractivity contribution in [1.82, 2.24) is 24.2 Å². The van der Waals surface area contributed by atoms with Crippen LogP contribution in [0.25, 0.3) is 17.1 Å². The summed E-state index contributed by atoms with van der Waals surface area (Å²) in [6.07, 6.45) is 8.52. The molecule has 1 atom stereocenters. The minimum absolute atomic E-state index is 0.286. The Bertz CT molecular complexity index is 893. The molecule has 0 aliphatic rings. The first-order valence-corrected chi connectivity index (χ1v) is 9.07. The molecule has 7 heteroatoms. The number of amides is 1. The Balaban J connectivity index is 1.78. The van der Waals surface area contributed by atoms with Crippen LogP contribution in [0.2, 0.25) is 0 Å². The van der Waals surface area contributed by atoms with Crippen LogP contribution in [0, 0.1) is 0 Å². The maximum absolute atomic E-state index is 10.9. The van der Waals surface area contributed by atoms with Crippen LogP contribution in [0.4, 0.5) is 0 Å². The summed E-state index contributed by atoms with van der Waals surface area (Å²) >= 11 is 0. The van der Waals surface area contributed by atoms with Gasteiger partial charge in [0.25, 0.3) is 0 Å². The summed E-state index contributed by atoms with van der Waals surface area (Å²) in [5, 5.41) is 4.37. The quantitative estimate of drug-likeness (QED) is 0.664. The average Bonchev–Trinajstić information content (AvgIpc) is 3.30. The number of carbonyl (C=O) groups excluding carboxylic acids is 1. The molecule has 2 aromatic heterocycles. The van der Waals surface area contributed by atoms with Gasteiger partial charge in [-0.3, -0.25) is 14.0 Å². The van der Waals surface area contributed by atoms with Gasteiger partial charge in [-0.25, -0.2) is 4.98 Å². The molecule has 3 rings (SSSR count). The fourth-order valence-electron chi connectivity index (χ4n) is 2.95. The fourth-order valence-corrected chi connectivity index (χ4v) is 2.95. The van der Waals surface area contributed by atoms with Gasteiger partial charge in [0.1, 0.15) is 5.82 Å². The van der Waals surface area contributed by atoms with Crippen LogP contribution in [0.5, 0.6) is 0 Å². The summed E-state index contributed by atoms with van der Waals surface area (Å²) in [5.41, 5.74) is 8.44. The SMILES string of the molecule is CC(c1ccc(-c2nccn2-c2cnn(CCCC(N)=O)c2)cc1)N(C)C. The molecule has 3 aromatic rings. The molecular formula is C20H26N6O. The van der Waals surface area contributed by atoms with Crippen LogP contribution in [0.3, 0.4) is 0 Å². The lowest BCUT2D eigenvalue weighted by atomic mass is 10.1. The fraction of sp³-hybridized carbons (Fsp3) is 0.350. The average molecular weight is 366 g/mol.